The molecule has 0 unspecified atom stereocenters. The Hall–Kier alpha value is -1.69. The molecular weight excluding hydrogens is 238 g/mol. The average molecular weight is 255 g/mol. The van der Waals surface area contributed by atoms with Gasteiger partial charge in [-0.15, -0.1) is 0 Å². The lowest BCUT2D eigenvalue weighted by molar-refractivity contribution is -0.142. The number of hydrogen-bond donors (Lipinski definition) is 1. The van der Waals surface area contributed by atoms with E-state index in [1.807, 2.05) is 0 Å². The molecule has 0 spiro atoms. The Kier molecular flexibility index (Phi) is 6.07. The van der Waals surface area contributed by atoms with Crippen molar-refractivity contribution in [2.45, 2.75) is 25.7 Å². The molecule has 0 atom stereocenters. The normalized spacial score (nSPS) is 17.1. The second-order valence-corrected chi connectivity index (χ2v) is 3.94. The van der Waals surface area contributed by atoms with Crippen molar-refractivity contribution in [2.24, 2.45) is 5.16 Å². The molecule has 6 heteroatoms. The second-order valence-electron chi connectivity index (χ2n) is 3.94. The molecule has 6 nitrogen and oxygen atoms in total. The number of carboxylic acid groups (broad SMARTS) is 1. The molecule has 0 aliphatic heterocycles. The number of ether oxygens (including phenoxy) is 1. The molecule has 0 aromatic heterocycles. The summed E-state index contributed by atoms with van der Waals surface area (Å²) < 4.78 is 4.91. The number of ketones is 1. The van der Waals surface area contributed by atoms with Crippen LogP contribution in [0.4, 0.5) is 0 Å². The Balaban J connectivity index is 2.22. The van der Waals surface area contributed by atoms with Gasteiger partial charge in [-0.3, -0.25) is 4.79 Å². The molecule has 0 amide bonds. The monoisotopic (exact) mass is 255 g/mol. The number of carbonyl (C=O) groups excluding carboxylic acids is 1. The van der Waals surface area contributed by atoms with Gasteiger partial charge in [0.1, 0.15) is 13.7 Å². The number of oxime groups is 1. The van der Waals surface area contributed by atoms with E-state index in [-0.39, 0.29) is 12.4 Å². The van der Waals surface area contributed by atoms with Crippen molar-refractivity contribution in [2.75, 3.05) is 20.3 Å². The lowest BCUT2D eigenvalue weighted by Gasteiger charge is -2.04. The van der Waals surface area contributed by atoms with Crippen molar-refractivity contribution in [3.8, 4) is 0 Å². The first-order valence-corrected chi connectivity index (χ1v) is 5.77. The number of carboxylic acids is 1. The molecule has 1 N–H and O–H groups in total. The molecule has 100 valence electrons. The molecule has 1 rings (SSSR count). The summed E-state index contributed by atoms with van der Waals surface area (Å²) in [5.74, 6) is -0.920. The smallest absolute Gasteiger partial charge is 0.329 e. The molecular formula is C12H17NO5. The Bertz CT molecular complexity index is 373. The van der Waals surface area contributed by atoms with E-state index in [9.17, 15) is 9.59 Å². The molecule has 0 saturated carbocycles. The van der Waals surface area contributed by atoms with Crippen LogP contribution in [0.2, 0.25) is 0 Å². The van der Waals surface area contributed by atoms with Gasteiger partial charge in [-0.2, -0.15) is 0 Å². The molecule has 0 aromatic rings. The minimum Gasteiger partial charge on any atom is -0.480 e. The molecule has 0 radical (unpaired) electrons. The summed E-state index contributed by atoms with van der Waals surface area (Å²) in [7, 11) is 1.45. The summed E-state index contributed by atoms with van der Waals surface area (Å²) in [6.07, 6.45) is 4.19. The van der Waals surface area contributed by atoms with Gasteiger partial charge in [-0.05, 0) is 30.9 Å². The maximum Gasteiger partial charge on any atom is 0.329 e. The number of aliphatic carboxylic acids is 1. The van der Waals surface area contributed by atoms with E-state index in [0.717, 1.165) is 24.8 Å². The van der Waals surface area contributed by atoms with E-state index in [1.165, 1.54) is 7.11 Å². The van der Waals surface area contributed by atoms with Crippen LogP contribution in [-0.2, 0) is 19.2 Å². The van der Waals surface area contributed by atoms with Crippen LogP contribution < -0.4 is 0 Å². The average Bonchev–Trinajstić information content (AvgIpc) is 2.64. The van der Waals surface area contributed by atoms with Crippen LogP contribution in [0.15, 0.2) is 16.8 Å². The number of rotatable bonds is 8. The van der Waals surface area contributed by atoms with Crippen LogP contribution in [0, 0.1) is 0 Å². The van der Waals surface area contributed by atoms with Gasteiger partial charge in [0.25, 0.3) is 0 Å². The van der Waals surface area contributed by atoms with Gasteiger partial charge in [0.2, 0.25) is 0 Å². The van der Waals surface area contributed by atoms with E-state index in [2.05, 4.69) is 9.99 Å². The highest BCUT2D eigenvalue weighted by Gasteiger charge is 2.19. The molecule has 0 saturated heterocycles. The zero-order valence-corrected chi connectivity index (χ0v) is 10.3. The first-order chi connectivity index (χ1) is 8.63. The summed E-state index contributed by atoms with van der Waals surface area (Å²) in [5.41, 5.74) is 1.59. The van der Waals surface area contributed by atoms with E-state index in [1.54, 1.807) is 6.08 Å². The number of allylic oxidation sites excluding steroid dienone is 2. The van der Waals surface area contributed by atoms with Crippen LogP contribution >= 0.6 is 0 Å². The fourth-order valence-corrected chi connectivity index (χ4v) is 1.70. The Labute approximate surface area is 105 Å². The molecule has 0 heterocycles. The summed E-state index contributed by atoms with van der Waals surface area (Å²) in [6, 6.07) is 0. The van der Waals surface area contributed by atoms with Crippen molar-refractivity contribution in [1.82, 2.24) is 0 Å². The lowest BCUT2D eigenvalue weighted by atomic mass is 10.1. The minimum atomic E-state index is -0.964. The molecule has 0 aromatic carbocycles. The van der Waals surface area contributed by atoms with Gasteiger partial charge in [-0.25, -0.2) is 4.79 Å². The zero-order valence-electron chi connectivity index (χ0n) is 10.3. The quantitative estimate of drug-likeness (QED) is 0.519. The van der Waals surface area contributed by atoms with E-state index >= 15 is 0 Å². The predicted molar refractivity (Wildman–Crippen MR) is 64.5 cm³/mol. The highest BCUT2D eigenvalue weighted by Crippen LogP contribution is 2.19. The molecule has 1 aliphatic rings. The van der Waals surface area contributed by atoms with Crippen molar-refractivity contribution in [1.29, 1.82) is 0 Å². The van der Waals surface area contributed by atoms with E-state index < -0.39 is 5.97 Å². The topological polar surface area (TPSA) is 85.2 Å². The van der Waals surface area contributed by atoms with Crippen LogP contribution in [-0.4, -0.2) is 42.9 Å². The highest BCUT2D eigenvalue weighted by molar-refractivity contribution is 6.21. The predicted octanol–water partition coefficient (Wildman–Crippen LogP) is 1.16. The van der Waals surface area contributed by atoms with E-state index in [4.69, 9.17) is 9.84 Å². The highest BCUT2D eigenvalue weighted by atomic mass is 16.6. The van der Waals surface area contributed by atoms with Gasteiger partial charge in [-0.1, -0.05) is 5.16 Å². The minimum absolute atomic E-state index is 0.0444. The van der Waals surface area contributed by atoms with Crippen LogP contribution in [0.25, 0.3) is 0 Å². The number of nitrogens with zero attached hydrogens (tertiary/aromatic N) is 1. The van der Waals surface area contributed by atoms with Gasteiger partial charge >= 0.3 is 5.97 Å². The van der Waals surface area contributed by atoms with Gasteiger partial charge in [0.15, 0.2) is 5.78 Å². The summed E-state index contributed by atoms with van der Waals surface area (Å²) in [5, 5.41) is 12.2. The first kappa shape index (κ1) is 14.4. The number of unbranched alkanes of at least 4 members (excludes halogenated alkanes) is 1. The summed E-state index contributed by atoms with van der Waals surface area (Å²) in [4.78, 5) is 26.1. The van der Waals surface area contributed by atoms with E-state index in [0.29, 0.717) is 18.7 Å². The molecule has 18 heavy (non-hydrogen) atoms. The Morgan fingerprint density at radius 3 is 2.94 bits per heavy atom. The maximum absolute atomic E-state index is 11.2. The third-order valence-electron chi connectivity index (χ3n) is 2.46. The van der Waals surface area contributed by atoms with Crippen molar-refractivity contribution >= 4 is 17.5 Å². The molecule has 0 bridgehead atoms. The van der Waals surface area contributed by atoms with Crippen LogP contribution in [0.3, 0.4) is 0 Å². The van der Waals surface area contributed by atoms with Gasteiger partial charge in [0, 0.05) is 6.61 Å². The van der Waals surface area contributed by atoms with Gasteiger partial charge < -0.3 is 14.7 Å². The zero-order chi connectivity index (χ0) is 13.4. The van der Waals surface area contributed by atoms with Crippen molar-refractivity contribution < 1.29 is 24.3 Å². The summed E-state index contributed by atoms with van der Waals surface area (Å²) >= 11 is 0. The summed E-state index contributed by atoms with van der Waals surface area (Å²) in [6.45, 7) is 0.141. The van der Waals surface area contributed by atoms with Crippen molar-refractivity contribution in [3.63, 3.8) is 0 Å². The fraction of sp³-hybridized carbons (Fsp3) is 0.583. The Morgan fingerprint density at radius 1 is 1.50 bits per heavy atom. The molecule has 1 aliphatic carbocycles. The third-order valence-corrected chi connectivity index (χ3v) is 2.46. The molecule has 0 fully saturated rings. The third kappa shape index (κ3) is 5.09. The maximum atomic E-state index is 11.2. The second kappa shape index (κ2) is 7.60. The van der Waals surface area contributed by atoms with Gasteiger partial charge in [0.05, 0.1) is 12.1 Å². The number of hydrogen-bond acceptors (Lipinski definition) is 5. The SMILES string of the molecule is CON=C1CC(=O)C=C1CCCCOCC(=O)O. The standard InChI is InChI=1S/C12H17NO5/c1-17-13-11-7-10(14)6-9(11)4-2-3-5-18-8-12(15)16/h6H,2-5,7-8H2,1H3,(H,15,16). The van der Waals surface area contributed by atoms with Crippen LogP contribution in [0.1, 0.15) is 25.7 Å². The Morgan fingerprint density at radius 2 is 2.28 bits per heavy atom. The number of carbonyl (C=O) groups is 2. The first-order valence-electron chi connectivity index (χ1n) is 5.77. The lowest BCUT2D eigenvalue weighted by Crippen LogP contribution is -2.07. The fourth-order valence-electron chi connectivity index (χ4n) is 1.70. The van der Waals surface area contributed by atoms with Crippen molar-refractivity contribution in [3.05, 3.63) is 11.6 Å². The van der Waals surface area contributed by atoms with Crippen LogP contribution in [0.5, 0.6) is 0 Å². The largest absolute Gasteiger partial charge is 0.480 e.